The van der Waals surface area contributed by atoms with E-state index in [0.29, 0.717) is 12.0 Å². The second-order valence-electron chi connectivity index (χ2n) is 7.01. The molecule has 1 aliphatic carbocycles. The van der Waals surface area contributed by atoms with Crippen LogP contribution in [0.25, 0.3) is 11.1 Å². The molecular weight excluding hydrogens is 331 g/mol. The lowest BCUT2D eigenvalue weighted by Gasteiger charge is -2.40. The van der Waals surface area contributed by atoms with Crippen LogP contribution in [0.4, 0.5) is 18.0 Å². The summed E-state index contributed by atoms with van der Waals surface area (Å²) >= 11 is 0. The predicted octanol–water partition coefficient (Wildman–Crippen LogP) is 5.05. The molecule has 0 saturated carbocycles. The van der Waals surface area contributed by atoms with Gasteiger partial charge in [0.2, 0.25) is 0 Å². The fourth-order valence-electron chi connectivity index (χ4n) is 3.44. The van der Waals surface area contributed by atoms with Gasteiger partial charge in [0.15, 0.2) is 17.5 Å². The van der Waals surface area contributed by atoms with Gasteiger partial charge in [-0.15, -0.1) is 0 Å². The molecule has 6 heteroatoms. The number of rotatable bonds is 2. The molecule has 0 bridgehead atoms. The molecule has 1 unspecified atom stereocenters. The summed E-state index contributed by atoms with van der Waals surface area (Å²) in [6.45, 7) is 3.97. The van der Waals surface area contributed by atoms with Crippen molar-refractivity contribution in [2.24, 2.45) is 5.41 Å². The summed E-state index contributed by atoms with van der Waals surface area (Å²) in [6.07, 6.45) is 0.329. The first-order chi connectivity index (χ1) is 11.7. The molecule has 3 rings (SSSR count). The number of amides is 1. The van der Waals surface area contributed by atoms with Crippen LogP contribution in [0.2, 0.25) is 0 Å². The summed E-state index contributed by atoms with van der Waals surface area (Å²) in [6, 6.07) is 6.76. The van der Waals surface area contributed by atoms with Crippen LogP contribution in [0, 0.1) is 22.9 Å². The van der Waals surface area contributed by atoms with Crippen LogP contribution in [-0.2, 0) is 6.42 Å². The lowest BCUT2D eigenvalue weighted by Crippen LogP contribution is -2.40. The zero-order valence-electron chi connectivity index (χ0n) is 13.9. The Hall–Kier alpha value is -2.50. The van der Waals surface area contributed by atoms with E-state index in [4.69, 9.17) is 5.11 Å². The zero-order chi connectivity index (χ0) is 18.4. The minimum atomic E-state index is -1.50. The van der Waals surface area contributed by atoms with Crippen LogP contribution in [0.3, 0.4) is 0 Å². The van der Waals surface area contributed by atoms with Gasteiger partial charge in [0.1, 0.15) is 0 Å². The smallest absolute Gasteiger partial charge is 0.405 e. The topological polar surface area (TPSA) is 49.3 Å². The van der Waals surface area contributed by atoms with Crippen LogP contribution < -0.4 is 5.32 Å². The van der Waals surface area contributed by atoms with E-state index in [9.17, 15) is 18.0 Å². The molecule has 1 aliphatic rings. The van der Waals surface area contributed by atoms with Crippen LogP contribution >= 0.6 is 0 Å². The van der Waals surface area contributed by atoms with E-state index in [1.165, 1.54) is 6.07 Å². The maximum absolute atomic E-state index is 14.0. The number of aryl methyl sites for hydroxylation is 1. The monoisotopic (exact) mass is 349 g/mol. The molecule has 132 valence electrons. The third-order valence-corrected chi connectivity index (χ3v) is 4.89. The highest BCUT2D eigenvalue weighted by molar-refractivity contribution is 5.68. The number of benzene rings is 2. The van der Waals surface area contributed by atoms with Gasteiger partial charge in [0, 0.05) is 5.56 Å². The Balaban J connectivity index is 2.06. The normalized spacial score (nSPS) is 18.5. The zero-order valence-corrected chi connectivity index (χ0v) is 13.9. The average molecular weight is 349 g/mol. The van der Waals surface area contributed by atoms with Crippen molar-refractivity contribution in [3.8, 4) is 11.1 Å². The van der Waals surface area contributed by atoms with E-state index in [0.717, 1.165) is 23.6 Å². The highest BCUT2D eigenvalue weighted by atomic mass is 19.2. The average Bonchev–Trinajstić information content (AvgIpc) is 2.55. The quantitative estimate of drug-likeness (QED) is 0.745. The maximum Gasteiger partial charge on any atom is 0.405 e. The number of carboxylic acid groups (broad SMARTS) is 1. The van der Waals surface area contributed by atoms with Crippen molar-refractivity contribution < 1.29 is 23.1 Å². The number of hydrogen-bond acceptors (Lipinski definition) is 1. The Bertz CT molecular complexity index is 849. The number of hydrogen-bond donors (Lipinski definition) is 2. The Kier molecular flexibility index (Phi) is 4.22. The van der Waals surface area contributed by atoms with Crippen LogP contribution in [0.5, 0.6) is 0 Å². The first-order valence-electron chi connectivity index (χ1n) is 7.97. The van der Waals surface area contributed by atoms with Crippen molar-refractivity contribution in [2.75, 3.05) is 0 Å². The number of fused-ring (bicyclic) bond motifs is 1. The Morgan fingerprint density at radius 1 is 1.16 bits per heavy atom. The molecule has 0 heterocycles. The molecule has 2 aromatic rings. The van der Waals surface area contributed by atoms with Crippen LogP contribution in [-0.4, -0.2) is 11.2 Å². The SMILES string of the molecule is CC1(C)CCc2cc(-c3ccc(F)c(F)c3F)ccc2C1NC(=O)O. The van der Waals surface area contributed by atoms with E-state index in [1.54, 1.807) is 18.2 Å². The first kappa shape index (κ1) is 17.3. The molecule has 0 fully saturated rings. The molecule has 3 nitrogen and oxygen atoms in total. The van der Waals surface area contributed by atoms with Crippen LogP contribution in [0.1, 0.15) is 37.4 Å². The van der Waals surface area contributed by atoms with Crippen molar-refractivity contribution in [1.82, 2.24) is 5.32 Å². The molecule has 1 amide bonds. The molecule has 0 spiro atoms. The van der Waals surface area contributed by atoms with E-state index in [2.05, 4.69) is 5.32 Å². The van der Waals surface area contributed by atoms with Crippen molar-refractivity contribution in [1.29, 1.82) is 0 Å². The molecule has 0 radical (unpaired) electrons. The third kappa shape index (κ3) is 3.08. The summed E-state index contributed by atoms with van der Waals surface area (Å²) in [4.78, 5) is 11.1. The van der Waals surface area contributed by atoms with Gasteiger partial charge in [-0.25, -0.2) is 18.0 Å². The first-order valence-corrected chi connectivity index (χ1v) is 7.97. The molecule has 2 aromatic carbocycles. The van der Waals surface area contributed by atoms with Gasteiger partial charge in [-0.2, -0.15) is 0 Å². The molecule has 0 saturated heterocycles. The van der Waals surface area contributed by atoms with Gasteiger partial charge in [-0.05, 0) is 47.1 Å². The van der Waals surface area contributed by atoms with Crippen molar-refractivity contribution >= 4 is 6.09 Å². The number of nitrogens with one attached hydrogen (secondary N) is 1. The van der Waals surface area contributed by atoms with Crippen molar-refractivity contribution in [2.45, 2.75) is 32.7 Å². The fourth-order valence-corrected chi connectivity index (χ4v) is 3.44. The summed E-state index contributed by atoms with van der Waals surface area (Å²) in [5.41, 5.74) is 1.85. The highest BCUT2D eigenvalue weighted by Gasteiger charge is 2.37. The van der Waals surface area contributed by atoms with Gasteiger partial charge >= 0.3 is 6.09 Å². The summed E-state index contributed by atoms with van der Waals surface area (Å²) in [7, 11) is 0. The van der Waals surface area contributed by atoms with Gasteiger partial charge in [-0.3, -0.25) is 0 Å². The summed E-state index contributed by atoms with van der Waals surface area (Å²) in [5, 5.41) is 11.7. The Labute approximate surface area is 143 Å². The number of carbonyl (C=O) groups is 1. The largest absolute Gasteiger partial charge is 0.465 e. The maximum atomic E-state index is 14.0. The predicted molar refractivity (Wildman–Crippen MR) is 87.8 cm³/mol. The second kappa shape index (κ2) is 6.10. The molecule has 1 atom stereocenters. The van der Waals surface area contributed by atoms with Crippen molar-refractivity contribution in [3.63, 3.8) is 0 Å². The van der Waals surface area contributed by atoms with Gasteiger partial charge in [0.25, 0.3) is 0 Å². The van der Waals surface area contributed by atoms with Crippen molar-refractivity contribution in [3.05, 3.63) is 58.9 Å². The minimum Gasteiger partial charge on any atom is -0.465 e. The summed E-state index contributed by atoms with van der Waals surface area (Å²) < 4.78 is 40.7. The Morgan fingerprint density at radius 2 is 1.88 bits per heavy atom. The molecule has 2 N–H and O–H groups in total. The highest BCUT2D eigenvalue weighted by Crippen LogP contribution is 2.44. The third-order valence-electron chi connectivity index (χ3n) is 4.89. The summed E-state index contributed by atoms with van der Waals surface area (Å²) in [5.74, 6) is -3.95. The van der Waals surface area contributed by atoms with Gasteiger partial charge in [-0.1, -0.05) is 32.0 Å². The molecular formula is C19H18F3NO2. The molecule has 0 aliphatic heterocycles. The fraction of sp³-hybridized carbons (Fsp3) is 0.316. The van der Waals surface area contributed by atoms with E-state index in [1.807, 2.05) is 13.8 Å². The second-order valence-corrected chi connectivity index (χ2v) is 7.01. The number of halogens is 3. The molecule has 0 aromatic heterocycles. The van der Waals surface area contributed by atoms with E-state index in [-0.39, 0.29) is 11.0 Å². The standard InChI is InChI=1S/C19H18F3NO2/c1-19(2)8-7-11-9-10(3-4-13(11)17(19)23-18(24)25)12-5-6-14(20)16(22)15(12)21/h3-6,9,17,23H,7-8H2,1-2H3,(H,24,25). The molecule has 25 heavy (non-hydrogen) atoms. The van der Waals surface area contributed by atoms with Gasteiger partial charge in [0.05, 0.1) is 6.04 Å². The van der Waals surface area contributed by atoms with Gasteiger partial charge < -0.3 is 10.4 Å². The van der Waals surface area contributed by atoms with Crippen LogP contribution in [0.15, 0.2) is 30.3 Å². The lowest BCUT2D eigenvalue weighted by atomic mass is 9.70. The van der Waals surface area contributed by atoms with E-state index >= 15 is 0 Å². The van der Waals surface area contributed by atoms with E-state index < -0.39 is 29.6 Å². The lowest BCUT2D eigenvalue weighted by molar-refractivity contribution is 0.161. The minimum absolute atomic E-state index is 0.0192. The Morgan fingerprint density at radius 3 is 2.56 bits per heavy atom.